The molecule has 1 fully saturated rings. The molecule has 0 atom stereocenters. The smallest absolute Gasteiger partial charge is 0.304 e. The number of benzene rings is 1. The quantitative estimate of drug-likeness (QED) is 0.916. The number of nitrogens with two attached hydrogens (primary N) is 1. The normalized spacial score (nSPS) is 21.3. The number of piperidine rings is 1. The van der Waals surface area contributed by atoms with Gasteiger partial charge in [-0.25, -0.2) is 0 Å². The Kier molecular flexibility index (Phi) is 4.19. The van der Waals surface area contributed by atoms with Crippen molar-refractivity contribution in [2.45, 2.75) is 25.7 Å². The van der Waals surface area contributed by atoms with Gasteiger partial charge < -0.3 is 5.73 Å². The first-order valence-corrected chi connectivity index (χ1v) is 9.08. The SMILES string of the molecule is NCC1CCN(S(=O)(=O)N2CCCc3ccccc32)CC1. The lowest BCUT2D eigenvalue weighted by Crippen LogP contribution is -2.49. The van der Waals surface area contributed by atoms with Gasteiger partial charge in [-0.1, -0.05) is 18.2 Å². The van der Waals surface area contributed by atoms with Crippen LogP contribution in [0.25, 0.3) is 0 Å². The molecule has 0 unspecified atom stereocenters. The van der Waals surface area contributed by atoms with Crippen molar-refractivity contribution in [1.29, 1.82) is 0 Å². The van der Waals surface area contributed by atoms with Gasteiger partial charge in [0.25, 0.3) is 0 Å². The molecule has 6 heteroatoms. The van der Waals surface area contributed by atoms with E-state index in [0.717, 1.165) is 36.9 Å². The number of aryl methyl sites for hydroxylation is 1. The highest BCUT2D eigenvalue weighted by Gasteiger charge is 2.34. The zero-order valence-electron chi connectivity index (χ0n) is 12.2. The standard InChI is InChI=1S/C15H23N3O2S/c16-12-13-7-10-17(11-8-13)21(19,20)18-9-3-5-14-4-1-2-6-15(14)18/h1-2,4,6,13H,3,5,7-12,16H2. The molecule has 1 saturated heterocycles. The highest BCUT2D eigenvalue weighted by Crippen LogP contribution is 2.31. The number of anilines is 1. The molecule has 0 saturated carbocycles. The Morgan fingerprint density at radius 1 is 1.14 bits per heavy atom. The van der Waals surface area contributed by atoms with E-state index in [1.807, 2.05) is 24.3 Å². The Hall–Kier alpha value is -1.11. The van der Waals surface area contributed by atoms with Gasteiger partial charge in [-0.15, -0.1) is 0 Å². The first-order chi connectivity index (χ1) is 10.1. The number of hydrogen-bond acceptors (Lipinski definition) is 3. The molecule has 3 rings (SSSR count). The molecule has 0 amide bonds. The lowest BCUT2D eigenvalue weighted by molar-refractivity contribution is 0.277. The monoisotopic (exact) mass is 309 g/mol. The summed E-state index contributed by atoms with van der Waals surface area (Å²) in [5, 5.41) is 0. The maximum absolute atomic E-state index is 12.9. The predicted molar refractivity (Wildman–Crippen MR) is 84.4 cm³/mol. The summed E-state index contributed by atoms with van der Waals surface area (Å²) in [6.07, 6.45) is 3.57. The number of fused-ring (bicyclic) bond motifs is 1. The molecule has 0 bridgehead atoms. The predicted octanol–water partition coefficient (Wildman–Crippen LogP) is 1.35. The van der Waals surface area contributed by atoms with Crippen LogP contribution in [0.4, 0.5) is 5.69 Å². The topological polar surface area (TPSA) is 66.6 Å². The molecule has 2 heterocycles. The van der Waals surface area contributed by atoms with Crippen LogP contribution in [0.5, 0.6) is 0 Å². The maximum Gasteiger partial charge on any atom is 0.304 e. The van der Waals surface area contributed by atoms with E-state index in [4.69, 9.17) is 5.73 Å². The molecule has 2 aliphatic heterocycles. The summed E-state index contributed by atoms with van der Waals surface area (Å²) in [5.74, 6) is 0.463. The van der Waals surface area contributed by atoms with Crippen molar-refractivity contribution < 1.29 is 8.42 Å². The zero-order chi connectivity index (χ0) is 14.9. The van der Waals surface area contributed by atoms with Crippen LogP contribution < -0.4 is 10.0 Å². The van der Waals surface area contributed by atoms with Crippen LogP contribution in [-0.4, -0.2) is 38.9 Å². The largest absolute Gasteiger partial charge is 0.330 e. The summed E-state index contributed by atoms with van der Waals surface area (Å²) in [7, 11) is -3.40. The third kappa shape index (κ3) is 2.80. The van der Waals surface area contributed by atoms with Crippen molar-refractivity contribution in [1.82, 2.24) is 4.31 Å². The second kappa shape index (κ2) is 5.94. The summed E-state index contributed by atoms with van der Waals surface area (Å²) < 4.78 is 29.1. The van der Waals surface area contributed by atoms with E-state index >= 15 is 0 Å². The fourth-order valence-corrected chi connectivity index (χ4v) is 4.99. The average molecular weight is 309 g/mol. The van der Waals surface area contributed by atoms with Crippen molar-refractivity contribution in [2.75, 3.05) is 30.5 Å². The lowest BCUT2D eigenvalue weighted by Gasteiger charge is -2.37. The molecule has 1 aromatic carbocycles. The molecule has 5 nitrogen and oxygen atoms in total. The second-order valence-electron chi connectivity index (χ2n) is 5.89. The van der Waals surface area contributed by atoms with Gasteiger partial charge in [0, 0.05) is 19.6 Å². The first kappa shape index (κ1) is 14.8. The fourth-order valence-electron chi connectivity index (χ4n) is 3.25. The van der Waals surface area contributed by atoms with Gasteiger partial charge in [0.1, 0.15) is 0 Å². The Morgan fingerprint density at radius 3 is 2.57 bits per heavy atom. The summed E-state index contributed by atoms with van der Waals surface area (Å²) in [6, 6.07) is 7.82. The number of para-hydroxylation sites is 1. The van der Waals surface area contributed by atoms with Crippen LogP contribution in [0.3, 0.4) is 0 Å². The van der Waals surface area contributed by atoms with E-state index in [9.17, 15) is 8.42 Å². The maximum atomic E-state index is 12.9. The Labute approximate surface area is 126 Å². The van der Waals surface area contributed by atoms with E-state index in [2.05, 4.69) is 0 Å². The summed E-state index contributed by atoms with van der Waals surface area (Å²) >= 11 is 0. The molecule has 21 heavy (non-hydrogen) atoms. The Bertz CT molecular complexity index is 595. The second-order valence-corrected chi connectivity index (χ2v) is 7.74. The fraction of sp³-hybridized carbons (Fsp3) is 0.600. The van der Waals surface area contributed by atoms with Gasteiger partial charge in [0.05, 0.1) is 5.69 Å². The average Bonchev–Trinajstić information content (AvgIpc) is 2.54. The van der Waals surface area contributed by atoms with E-state index < -0.39 is 10.2 Å². The molecular formula is C15H23N3O2S. The van der Waals surface area contributed by atoms with Crippen molar-refractivity contribution in [3.8, 4) is 0 Å². The molecule has 116 valence electrons. The molecule has 2 N–H and O–H groups in total. The van der Waals surface area contributed by atoms with E-state index in [0.29, 0.717) is 32.1 Å². The first-order valence-electron chi connectivity index (χ1n) is 7.68. The van der Waals surface area contributed by atoms with Crippen LogP contribution in [0, 0.1) is 5.92 Å². The highest BCUT2D eigenvalue weighted by atomic mass is 32.2. The zero-order valence-corrected chi connectivity index (χ0v) is 13.1. The Morgan fingerprint density at radius 2 is 1.86 bits per heavy atom. The van der Waals surface area contributed by atoms with Gasteiger partial charge in [-0.05, 0) is 49.8 Å². The van der Waals surface area contributed by atoms with Crippen LogP contribution in [-0.2, 0) is 16.6 Å². The van der Waals surface area contributed by atoms with E-state index in [1.54, 1.807) is 8.61 Å². The van der Waals surface area contributed by atoms with Crippen molar-refractivity contribution in [3.05, 3.63) is 29.8 Å². The minimum atomic E-state index is -3.40. The highest BCUT2D eigenvalue weighted by molar-refractivity contribution is 7.90. The van der Waals surface area contributed by atoms with Gasteiger partial charge >= 0.3 is 10.2 Å². The van der Waals surface area contributed by atoms with Crippen molar-refractivity contribution in [2.24, 2.45) is 11.7 Å². The summed E-state index contributed by atoms with van der Waals surface area (Å²) in [5.41, 5.74) is 7.67. The van der Waals surface area contributed by atoms with Crippen LogP contribution in [0.15, 0.2) is 24.3 Å². The molecule has 0 radical (unpaired) electrons. The minimum Gasteiger partial charge on any atom is -0.330 e. The number of rotatable bonds is 3. The lowest BCUT2D eigenvalue weighted by atomic mass is 9.99. The molecule has 0 aliphatic carbocycles. The Balaban J connectivity index is 1.83. The molecule has 1 aromatic rings. The van der Waals surface area contributed by atoms with Crippen LogP contribution in [0.1, 0.15) is 24.8 Å². The van der Waals surface area contributed by atoms with Crippen molar-refractivity contribution >= 4 is 15.9 Å². The van der Waals surface area contributed by atoms with Crippen molar-refractivity contribution in [3.63, 3.8) is 0 Å². The van der Waals surface area contributed by atoms with Gasteiger partial charge in [0.15, 0.2) is 0 Å². The molecule has 2 aliphatic rings. The van der Waals surface area contributed by atoms with Gasteiger partial charge in [-0.3, -0.25) is 4.31 Å². The number of nitrogens with zero attached hydrogens (tertiary/aromatic N) is 2. The van der Waals surface area contributed by atoms with Crippen LogP contribution in [0.2, 0.25) is 0 Å². The van der Waals surface area contributed by atoms with Gasteiger partial charge in [-0.2, -0.15) is 12.7 Å². The third-order valence-electron chi connectivity index (χ3n) is 4.58. The minimum absolute atomic E-state index is 0.463. The van der Waals surface area contributed by atoms with E-state index in [1.165, 1.54) is 0 Å². The summed E-state index contributed by atoms with van der Waals surface area (Å²) in [4.78, 5) is 0. The number of hydrogen-bond donors (Lipinski definition) is 1. The summed E-state index contributed by atoms with van der Waals surface area (Å²) in [6.45, 7) is 2.41. The molecular weight excluding hydrogens is 286 g/mol. The molecule has 0 aromatic heterocycles. The molecule has 0 spiro atoms. The third-order valence-corrected chi connectivity index (χ3v) is 6.53. The van der Waals surface area contributed by atoms with E-state index in [-0.39, 0.29) is 0 Å². The van der Waals surface area contributed by atoms with Crippen LogP contribution >= 0.6 is 0 Å². The van der Waals surface area contributed by atoms with Gasteiger partial charge in [0.2, 0.25) is 0 Å².